The van der Waals surface area contributed by atoms with E-state index in [4.69, 9.17) is 14.2 Å². The number of amides is 1. The van der Waals surface area contributed by atoms with Crippen molar-refractivity contribution in [3.8, 4) is 28.6 Å². The van der Waals surface area contributed by atoms with Crippen LogP contribution in [0.15, 0.2) is 60.7 Å². The molecule has 0 atom stereocenters. The molecular formula is C23H22ClN3O4. The van der Waals surface area contributed by atoms with E-state index in [1.807, 2.05) is 48.5 Å². The predicted octanol–water partition coefficient (Wildman–Crippen LogP) is 4.93. The van der Waals surface area contributed by atoms with Crippen LogP contribution in [0.1, 0.15) is 10.4 Å². The summed E-state index contributed by atoms with van der Waals surface area (Å²) in [5, 5.41) is 2.88. The second kappa shape index (κ2) is 9.40. The summed E-state index contributed by atoms with van der Waals surface area (Å²) in [6.45, 7) is 0. The molecule has 7 nitrogen and oxygen atoms in total. The molecule has 4 rings (SSSR count). The molecule has 0 aliphatic heterocycles. The Hall–Kier alpha value is -3.71. The Morgan fingerprint density at radius 3 is 2.13 bits per heavy atom. The minimum absolute atomic E-state index is 0. The van der Waals surface area contributed by atoms with Gasteiger partial charge in [-0.25, -0.2) is 4.98 Å². The molecule has 0 saturated carbocycles. The SMILES string of the molecule is COc1cc(C(=O)Nc2ccc(-c3nc4ccccc4[nH]3)cc2)cc(OC)c1OC.Cl. The van der Waals surface area contributed by atoms with Gasteiger partial charge in [-0.1, -0.05) is 12.1 Å². The number of benzene rings is 3. The van der Waals surface area contributed by atoms with Crippen molar-refractivity contribution in [2.45, 2.75) is 0 Å². The van der Waals surface area contributed by atoms with Crippen molar-refractivity contribution in [2.75, 3.05) is 26.6 Å². The van der Waals surface area contributed by atoms with Crippen LogP contribution in [0.4, 0.5) is 5.69 Å². The number of carbonyl (C=O) groups is 1. The Kier molecular flexibility index (Phi) is 6.67. The number of carbonyl (C=O) groups excluding carboxylic acids is 1. The molecule has 1 heterocycles. The first-order chi connectivity index (χ1) is 14.6. The van der Waals surface area contributed by atoms with Gasteiger partial charge in [-0.05, 0) is 48.5 Å². The molecule has 1 aromatic heterocycles. The number of nitrogens with zero attached hydrogens (tertiary/aromatic N) is 1. The van der Waals surface area contributed by atoms with Gasteiger partial charge in [-0.3, -0.25) is 4.79 Å². The van der Waals surface area contributed by atoms with Gasteiger partial charge < -0.3 is 24.5 Å². The molecule has 4 aromatic rings. The fraction of sp³-hybridized carbons (Fsp3) is 0.130. The number of para-hydroxylation sites is 2. The summed E-state index contributed by atoms with van der Waals surface area (Å²) in [5.41, 5.74) is 3.87. The number of hydrogen-bond donors (Lipinski definition) is 2. The zero-order valence-electron chi connectivity index (χ0n) is 17.3. The lowest BCUT2D eigenvalue weighted by Crippen LogP contribution is -2.12. The van der Waals surface area contributed by atoms with Crippen LogP contribution in [0.5, 0.6) is 17.2 Å². The number of imidazole rings is 1. The van der Waals surface area contributed by atoms with E-state index in [-0.39, 0.29) is 18.3 Å². The maximum Gasteiger partial charge on any atom is 0.255 e. The first-order valence-electron chi connectivity index (χ1n) is 9.29. The second-order valence-electron chi connectivity index (χ2n) is 6.55. The minimum atomic E-state index is -0.286. The summed E-state index contributed by atoms with van der Waals surface area (Å²) in [5.74, 6) is 1.76. The normalized spacial score (nSPS) is 10.3. The first kappa shape index (κ1) is 22.0. The number of rotatable bonds is 6. The highest BCUT2D eigenvalue weighted by atomic mass is 35.5. The Bertz CT molecular complexity index is 1150. The smallest absolute Gasteiger partial charge is 0.255 e. The lowest BCUT2D eigenvalue weighted by atomic mass is 10.1. The molecule has 3 aromatic carbocycles. The average Bonchev–Trinajstić information content (AvgIpc) is 3.22. The number of ether oxygens (including phenoxy) is 3. The van der Waals surface area contributed by atoms with Crippen LogP contribution < -0.4 is 19.5 Å². The average molecular weight is 440 g/mol. The number of methoxy groups -OCH3 is 3. The van der Waals surface area contributed by atoms with Crippen molar-refractivity contribution >= 4 is 35.0 Å². The third-order valence-electron chi connectivity index (χ3n) is 4.73. The number of hydrogen-bond acceptors (Lipinski definition) is 5. The minimum Gasteiger partial charge on any atom is -0.493 e. The van der Waals surface area contributed by atoms with Crippen LogP contribution in [-0.2, 0) is 0 Å². The van der Waals surface area contributed by atoms with E-state index in [1.54, 1.807) is 12.1 Å². The van der Waals surface area contributed by atoms with Gasteiger partial charge in [0.05, 0.1) is 32.4 Å². The Morgan fingerprint density at radius 1 is 0.903 bits per heavy atom. The first-order valence-corrected chi connectivity index (χ1v) is 9.29. The third-order valence-corrected chi connectivity index (χ3v) is 4.73. The quantitative estimate of drug-likeness (QED) is 0.445. The summed E-state index contributed by atoms with van der Waals surface area (Å²) in [6, 6.07) is 18.6. The Balaban J connectivity index is 0.00000272. The highest BCUT2D eigenvalue weighted by molar-refractivity contribution is 6.05. The second-order valence-corrected chi connectivity index (χ2v) is 6.55. The predicted molar refractivity (Wildman–Crippen MR) is 123 cm³/mol. The molecular weight excluding hydrogens is 418 g/mol. The van der Waals surface area contributed by atoms with Crippen LogP contribution in [0.3, 0.4) is 0 Å². The van der Waals surface area contributed by atoms with Gasteiger partial charge in [0.1, 0.15) is 5.82 Å². The maximum atomic E-state index is 12.7. The third kappa shape index (κ3) is 4.41. The highest BCUT2D eigenvalue weighted by Gasteiger charge is 2.17. The van der Waals surface area contributed by atoms with Gasteiger partial charge in [0.2, 0.25) is 5.75 Å². The number of aromatic amines is 1. The molecule has 0 saturated heterocycles. The van der Waals surface area contributed by atoms with E-state index in [1.165, 1.54) is 21.3 Å². The summed E-state index contributed by atoms with van der Waals surface area (Å²) in [6.07, 6.45) is 0. The van der Waals surface area contributed by atoms with Crippen molar-refractivity contribution < 1.29 is 19.0 Å². The van der Waals surface area contributed by atoms with Crippen LogP contribution in [0.25, 0.3) is 22.4 Å². The van der Waals surface area contributed by atoms with Gasteiger partial charge in [0, 0.05) is 16.8 Å². The van der Waals surface area contributed by atoms with Crippen molar-refractivity contribution in [2.24, 2.45) is 0 Å². The summed E-state index contributed by atoms with van der Waals surface area (Å²) in [7, 11) is 4.54. The summed E-state index contributed by atoms with van der Waals surface area (Å²) < 4.78 is 15.9. The molecule has 31 heavy (non-hydrogen) atoms. The van der Waals surface area contributed by atoms with Crippen molar-refractivity contribution in [1.29, 1.82) is 0 Å². The van der Waals surface area contributed by atoms with Crippen molar-refractivity contribution in [3.05, 3.63) is 66.2 Å². The molecule has 0 spiro atoms. The van der Waals surface area contributed by atoms with E-state index in [0.717, 1.165) is 22.4 Å². The molecule has 0 fully saturated rings. The molecule has 2 N–H and O–H groups in total. The van der Waals surface area contributed by atoms with E-state index in [0.29, 0.717) is 28.5 Å². The van der Waals surface area contributed by atoms with E-state index < -0.39 is 0 Å². The largest absolute Gasteiger partial charge is 0.493 e. The van der Waals surface area contributed by atoms with Crippen LogP contribution in [0.2, 0.25) is 0 Å². The van der Waals surface area contributed by atoms with Gasteiger partial charge in [-0.2, -0.15) is 0 Å². The molecule has 0 radical (unpaired) electrons. The van der Waals surface area contributed by atoms with Gasteiger partial charge in [0.15, 0.2) is 11.5 Å². The number of nitrogens with one attached hydrogen (secondary N) is 2. The molecule has 160 valence electrons. The lowest BCUT2D eigenvalue weighted by molar-refractivity contribution is 0.102. The number of fused-ring (bicyclic) bond motifs is 1. The number of aromatic nitrogens is 2. The summed E-state index contributed by atoms with van der Waals surface area (Å²) >= 11 is 0. The molecule has 0 bridgehead atoms. The van der Waals surface area contributed by atoms with Gasteiger partial charge in [0.25, 0.3) is 5.91 Å². The summed E-state index contributed by atoms with van der Waals surface area (Å²) in [4.78, 5) is 20.6. The molecule has 0 unspecified atom stereocenters. The molecule has 8 heteroatoms. The standard InChI is InChI=1S/C23H21N3O4.ClH/c1-28-19-12-15(13-20(29-2)21(19)30-3)23(27)24-16-10-8-14(9-11-16)22-25-17-6-4-5-7-18(17)26-22;/h4-13H,1-3H3,(H,24,27)(H,25,26);1H. The molecule has 0 aliphatic rings. The van der Waals surface area contributed by atoms with Crippen LogP contribution >= 0.6 is 12.4 Å². The lowest BCUT2D eigenvalue weighted by Gasteiger charge is -2.14. The van der Waals surface area contributed by atoms with E-state index in [9.17, 15) is 4.79 Å². The number of halogens is 1. The van der Waals surface area contributed by atoms with Crippen molar-refractivity contribution in [1.82, 2.24) is 9.97 Å². The topological polar surface area (TPSA) is 85.5 Å². The number of H-pyrrole nitrogens is 1. The van der Waals surface area contributed by atoms with Gasteiger partial charge in [-0.15, -0.1) is 12.4 Å². The molecule has 0 aliphatic carbocycles. The fourth-order valence-electron chi connectivity index (χ4n) is 3.22. The Labute approximate surface area is 185 Å². The van der Waals surface area contributed by atoms with Gasteiger partial charge >= 0.3 is 0 Å². The zero-order chi connectivity index (χ0) is 21.1. The van der Waals surface area contributed by atoms with E-state index in [2.05, 4.69) is 15.3 Å². The van der Waals surface area contributed by atoms with Crippen LogP contribution in [-0.4, -0.2) is 37.2 Å². The maximum absolute atomic E-state index is 12.7. The van der Waals surface area contributed by atoms with Crippen molar-refractivity contribution in [3.63, 3.8) is 0 Å². The molecule has 1 amide bonds. The zero-order valence-corrected chi connectivity index (χ0v) is 18.1. The van der Waals surface area contributed by atoms with E-state index >= 15 is 0 Å². The Morgan fingerprint density at radius 2 is 1.55 bits per heavy atom. The fourth-order valence-corrected chi connectivity index (χ4v) is 3.22. The highest BCUT2D eigenvalue weighted by Crippen LogP contribution is 2.38. The number of anilines is 1. The monoisotopic (exact) mass is 439 g/mol. The van der Waals surface area contributed by atoms with Crippen LogP contribution in [0, 0.1) is 0 Å².